The lowest BCUT2D eigenvalue weighted by Gasteiger charge is -2.29. The number of nitrogens with one attached hydrogen (secondary N) is 1. The van der Waals surface area contributed by atoms with Crippen molar-refractivity contribution in [3.05, 3.63) is 48.0 Å². The van der Waals surface area contributed by atoms with Crippen molar-refractivity contribution in [2.75, 3.05) is 37.5 Å². The number of methoxy groups -OCH3 is 1. The van der Waals surface area contributed by atoms with Crippen LogP contribution in [-0.4, -0.2) is 58.1 Å². The van der Waals surface area contributed by atoms with Crippen molar-refractivity contribution < 1.29 is 27.5 Å². The molecule has 1 unspecified atom stereocenters. The molecule has 0 aliphatic carbocycles. The molecule has 2 aromatic carbocycles. The number of halogens is 1. The molecule has 9 nitrogen and oxygen atoms in total. The highest BCUT2D eigenvalue weighted by Gasteiger charge is 2.34. The highest BCUT2D eigenvalue weighted by Crippen LogP contribution is 2.32. The minimum Gasteiger partial charge on any atom is -0.495 e. The van der Waals surface area contributed by atoms with Crippen LogP contribution in [0.5, 0.6) is 5.75 Å². The lowest BCUT2D eigenvalue weighted by atomic mass is 10.1. The van der Waals surface area contributed by atoms with Gasteiger partial charge in [-0.1, -0.05) is 106 Å². The number of rotatable bonds is 20. The van der Waals surface area contributed by atoms with Gasteiger partial charge >= 0.3 is 5.97 Å². The smallest absolute Gasteiger partial charge is 0.338 e. The van der Waals surface area contributed by atoms with E-state index >= 15 is 0 Å². The van der Waals surface area contributed by atoms with Gasteiger partial charge in [-0.25, -0.2) is 4.79 Å². The lowest BCUT2D eigenvalue weighted by Crippen LogP contribution is -2.42. The van der Waals surface area contributed by atoms with E-state index in [0.29, 0.717) is 29.3 Å². The third-order valence-corrected chi connectivity index (χ3v) is 9.94. The SMILES string of the molecule is CCCCCCCCCCCCCCOC(=O)c1ccc(OC)c(NCC(=O)C(Br)C2=NS(=O)(=O)c3ccccc3N2C)c1. The number of fused-ring (bicyclic) bond motifs is 1. The van der Waals surface area contributed by atoms with Gasteiger partial charge in [-0.3, -0.25) is 4.79 Å². The van der Waals surface area contributed by atoms with Crippen molar-refractivity contribution in [2.45, 2.75) is 93.7 Å². The Labute approximate surface area is 271 Å². The van der Waals surface area contributed by atoms with Crippen molar-refractivity contribution in [1.29, 1.82) is 0 Å². The van der Waals surface area contributed by atoms with Crippen LogP contribution in [0.3, 0.4) is 0 Å². The Kier molecular flexibility index (Phi) is 14.7. The Hall–Kier alpha value is -2.92. The molecule has 1 aliphatic rings. The van der Waals surface area contributed by atoms with Crippen LogP contribution in [0, 0.1) is 0 Å². The number of alkyl halides is 1. The molecule has 11 heteroatoms. The largest absolute Gasteiger partial charge is 0.495 e. The third-order valence-electron chi connectivity index (χ3n) is 7.69. The van der Waals surface area contributed by atoms with Crippen LogP contribution >= 0.6 is 15.9 Å². The zero-order valence-corrected chi connectivity index (χ0v) is 28.6. The number of amidine groups is 1. The first kappa shape index (κ1) is 35.6. The van der Waals surface area contributed by atoms with Crippen LogP contribution in [0.25, 0.3) is 0 Å². The summed E-state index contributed by atoms with van der Waals surface area (Å²) in [7, 11) is -0.787. The summed E-state index contributed by atoms with van der Waals surface area (Å²) in [4.78, 5) is 26.5. The summed E-state index contributed by atoms with van der Waals surface area (Å²) in [6.45, 7) is 2.43. The second kappa shape index (κ2) is 18.1. The Bertz CT molecular complexity index is 1380. The summed E-state index contributed by atoms with van der Waals surface area (Å²) in [6.07, 6.45) is 14.8. The van der Waals surface area contributed by atoms with E-state index in [1.807, 2.05) is 0 Å². The summed E-state index contributed by atoms with van der Waals surface area (Å²) >= 11 is 3.34. The average molecular weight is 693 g/mol. The van der Waals surface area contributed by atoms with Crippen LogP contribution in [0.2, 0.25) is 0 Å². The van der Waals surface area contributed by atoms with Crippen molar-refractivity contribution in [2.24, 2.45) is 4.40 Å². The predicted octanol–water partition coefficient (Wildman–Crippen LogP) is 7.53. The maximum Gasteiger partial charge on any atom is 0.338 e. The number of hydrogen-bond donors (Lipinski definition) is 1. The van der Waals surface area contributed by atoms with E-state index < -0.39 is 20.8 Å². The zero-order valence-electron chi connectivity index (χ0n) is 26.1. The van der Waals surface area contributed by atoms with Gasteiger partial charge in [-0.2, -0.15) is 8.42 Å². The number of hydrogen-bond acceptors (Lipinski definition) is 8. The molecule has 0 saturated heterocycles. The Balaban J connectivity index is 1.44. The van der Waals surface area contributed by atoms with E-state index in [9.17, 15) is 18.0 Å². The van der Waals surface area contributed by atoms with Gasteiger partial charge in [0.1, 0.15) is 21.3 Å². The van der Waals surface area contributed by atoms with Crippen LogP contribution in [0.15, 0.2) is 51.8 Å². The minimum absolute atomic E-state index is 0.0672. The molecular weight excluding hydrogens is 646 g/mol. The zero-order chi connectivity index (χ0) is 32.0. The summed E-state index contributed by atoms with van der Waals surface area (Å²) in [5, 5.41) is 3.02. The molecule has 0 spiro atoms. The van der Waals surface area contributed by atoms with Gasteiger partial charge in [0.2, 0.25) is 0 Å². The lowest BCUT2D eigenvalue weighted by molar-refractivity contribution is -0.115. The number of sulfonamides is 1. The van der Waals surface area contributed by atoms with Crippen LogP contribution in [0.4, 0.5) is 11.4 Å². The van der Waals surface area contributed by atoms with Gasteiger partial charge < -0.3 is 19.7 Å². The molecule has 0 aromatic heterocycles. The maximum absolute atomic E-state index is 13.1. The number of esters is 1. The number of unbranched alkanes of at least 4 members (excludes halogenated alkanes) is 11. The summed E-state index contributed by atoms with van der Waals surface area (Å²) in [5.41, 5.74) is 1.23. The van der Waals surface area contributed by atoms with Crippen molar-refractivity contribution in [3.8, 4) is 5.75 Å². The molecule has 1 heterocycles. The first-order valence-electron chi connectivity index (χ1n) is 15.6. The predicted molar refractivity (Wildman–Crippen MR) is 180 cm³/mol. The molecule has 0 amide bonds. The highest BCUT2D eigenvalue weighted by atomic mass is 79.9. The number of carbonyl (C=O) groups excluding carboxylic acids is 2. The highest BCUT2D eigenvalue weighted by molar-refractivity contribution is 9.10. The number of ketones is 1. The van der Waals surface area contributed by atoms with Crippen molar-refractivity contribution in [1.82, 2.24) is 0 Å². The normalized spacial score (nSPS) is 14.4. The van der Waals surface area contributed by atoms with E-state index in [1.54, 1.807) is 48.3 Å². The first-order valence-corrected chi connectivity index (χ1v) is 18.0. The maximum atomic E-state index is 13.1. The summed E-state index contributed by atoms with van der Waals surface area (Å²) < 4.78 is 40.2. The summed E-state index contributed by atoms with van der Waals surface area (Å²) in [5.74, 6) is -0.277. The number of nitrogens with zero attached hydrogens (tertiary/aromatic N) is 2. The molecule has 242 valence electrons. The van der Waals surface area contributed by atoms with Crippen LogP contribution in [-0.2, 0) is 19.6 Å². The summed E-state index contributed by atoms with van der Waals surface area (Å²) in [6, 6.07) is 11.4. The monoisotopic (exact) mass is 691 g/mol. The minimum atomic E-state index is -3.95. The number of ether oxygens (including phenoxy) is 2. The third kappa shape index (κ3) is 10.3. The quantitative estimate of drug-likeness (QED) is 0.0861. The molecule has 2 aromatic rings. The van der Waals surface area contributed by atoms with Crippen molar-refractivity contribution >= 4 is 54.9 Å². The van der Waals surface area contributed by atoms with Gasteiger partial charge in [0.05, 0.1) is 37.2 Å². The fourth-order valence-corrected chi connectivity index (χ4v) is 7.11. The van der Waals surface area contributed by atoms with Gasteiger partial charge in [0.25, 0.3) is 10.0 Å². The molecule has 0 radical (unpaired) electrons. The number of benzene rings is 2. The molecule has 0 bridgehead atoms. The van der Waals surface area contributed by atoms with Gasteiger partial charge in [-0.05, 0) is 36.8 Å². The molecule has 3 rings (SSSR count). The fourth-order valence-electron chi connectivity index (χ4n) is 5.11. The van der Waals surface area contributed by atoms with Crippen LogP contribution in [0.1, 0.15) is 94.3 Å². The molecule has 0 fully saturated rings. The fraction of sp³-hybridized carbons (Fsp3) is 0.545. The van der Waals surface area contributed by atoms with E-state index in [4.69, 9.17) is 9.47 Å². The van der Waals surface area contributed by atoms with Crippen molar-refractivity contribution in [3.63, 3.8) is 0 Å². The van der Waals surface area contributed by atoms with Gasteiger partial charge in [0, 0.05) is 7.05 Å². The Morgan fingerprint density at radius 1 is 0.932 bits per heavy atom. The molecule has 1 aliphatic heterocycles. The van der Waals surface area contributed by atoms with E-state index in [-0.39, 0.29) is 23.1 Å². The number of para-hydroxylation sites is 1. The van der Waals surface area contributed by atoms with E-state index in [2.05, 4.69) is 32.6 Å². The number of Topliss-reactive ketones (excluding diaryl/α,β-unsaturated/α-hetero) is 1. The number of carbonyl (C=O) groups is 2. The van der Waals surface area contributed by atoms with Crippen LogP contribution < -0.4 is 15.0 Å². The second-order valence-electron chi connectivity index (χ2n) is 11.1. The molecule has 0 saturated carbocycles. The van der Waals surface area contributed by atoms with E-state index in [0.717, 1.165) is 19.3 Å². The van der Waals surface area contributed by atoms with Gasteiger partial charge in [-0.15, -0.1) is 4.40 Å². The second-order valence-corrected chi connectivity index (χ2v) is 13.6. The Morgan fingerprint density at radius 2 is 1.55 bits per heavy atom. The first-order chi connectivity index (χ1) is 21.2. The van der Waals surface area contributed by atoms with E-state index in [1.165, 1.54) is 71.0 Å². The Morgan fingerprint density at radius 3 is 2.18 bits per heavy atom. The standard InChI is InChI=1S/C33H46BrN3O6S/c1-4-5-6-7-8-9-10-11-12-13-14-17-22-43-33(39)25-20-21-29(42-3)26(23-25)35-24-28(38)31(34)32-36-44(40,41)30-19-16-15-18-27(30)37(32)2/h15-16,18-21,23,31,35H,4-14,17,22,24H2,1-3H3. The van der Waals surface area contributed by atoms with Gasteiger partial charge in [0.15, 0.2) is 5.78 Å². The molecule has 44 heavy (non-hydrogen) atoms. The number of anilines is 2. The molecule has 1 atom stereocenters. The molecule has 1 N–H and O–H groups in total. The topological polar surface area (TPSA) is 114 Å². The molecular formula is C33H46BrN3O6S. The average Bonchev–Trinajstić information content (AvgIpc) is 3.03.